The highest BCUT2D eigenvalue weighted by molar-refractivity contribution is 8.00. The van der Waals surface area contributed by atoms with E-state index in [-0.39, 0.29) is 11.2 Å². The second-order valence-electron chi connectivity index (χ2n) is 5.83. The van der Waals surface area contributed by atoms with Gasteiger partial charge in [-0.3, -0.25) is 25.2 Å². The zero-order chi connectivity index (χ0) is 19.4. The van der Waals surface area contributed by atoms with Gasteiger partial charge in [0.05, 0.1) is 17.5 Å². The Hall–Kier alpha value is -3.00. The molecule has 1 aliphatic rings. The lowest BCUT2D eigenvalue weighted by atomic mass is 10.2. The molecule has 7 nitrogen and oxygen atoms in total. The van der Waals surface area contributed by atoms with Gasteiger partial charge in [-0.15, -0.1) is 11.8 Å². The molecule has 1 heterocycles. The molecule has 0 spiro atoms. The van der Waals surface area contributed by atoms with Crippen LogP contribution in [-0.2, 0) is 4.79 Å². The Labute approximate surface area is 160 Å². The lowest BCUT2D eigenvalue weighted by Gasteiger charge is -2.21. The van der Waals surface area contributed by atoms with Crippen LogP contribution in [0.4, 0.5) is 5.69 Å². The number of benzene rings is 2. The first-order chi connectivity index (χ1) is 13.0. The Morgan fingerprint density at radius 2 is 1.70 bits per heavy atom. The van der Waals surface area contributed by atoms with Gasteiger partial charge in [-0.05, 0) is 56.3 Å². The van der Waals surface area contributed by atoms with Crippen molar-refractivity contribution in [3.8, 4) is 5.75 Å². The van der Waals surface area contributed by atoms with Crippen molar-refractivity contribution in [3.05, 3.63) is 53.6 Å². The molecule has 0 saturated carbocycles. The summed E-state index contributed by atoms with van der Waals surface area (Å²) >= 11 is 1.44. The average molecular weight is 385 g/mol. The van der Waals surface area contributed by atoms with Gasteiger partial charge in [0.15, 0.2) is 0 Å². The number of ether oxygens (including phenoxy) is 1. The van der Waals surface area contributed by atoms with Crippen LogP contribution in [0.1, 0.15) is 34.6 Å². The number of fused-ring (bicyclic) bond motifs is 1. The first kappa shape index (κ1) is 18.8. The van der Waals surface area contributed by atoms with Crippen molar-refractivity contribution >= 4 is 35.2 Å². The van der Waals surface area contributed by atoms with Crippen LogP contribution in [0.15, 0.2) is 47.4 Å². The van der Waals surface area contributed by atoms with Gasteiger partial charge in [-0.25, -0.2) is 0 Å². The van der Waals surface area contributed by atoms with Crippen molar-refractivity contribution in [2.75, 3.05) is 11.9 Å². The summed E-state index contributed by atoms with van der Waals surface area (Å²) < 4.78 is 5.32. The van der Waals surface area contributed by atoms with Gasteiger partial charge in [-0.2, -0.15) is 0 Å². The minimum absolute atomic E-state index is 0.103. The summed E-state index contributed by atoms with van der Waals surface area (Å²) in [6, 6.07) is 11.6. The zero-order valence-electron chi connectivity index (χ0n) is 14.9. The van der Waals surface area contributed by atoms with E-state index in [4.69, 9.17) is 4.74 Å². The van der Waals surface area contributed by atoms with Gasteiger partial charge in [0.1, 0.15) is 5.75 Å². The maximum Gasteiger partial charge on any atom is 0.269 e. The number of thioether (sulfide) groups is 1. The highest BCUT2D eigenvalue weighted by Crippen LogP contribution is 2.35. The van der Waals surface area contributed by atoms with E-state index in [0.717, 1.165) is 4.90 Å². The summed E-state index contributed by atoms with van der Waals surface area (Å²) in [7, 11) is 0. The van der Waals surface area contributed by atoms with Crippen LogP contribution < -0.4 is 20.9 Å². The molecule has 1 atom stereocenters. The van der Waals surface area contributed by atoms with Gasteiger partial charge in [0, 0.05) is 16.0 Å². The van der Waals surface area contributed by atoms with Crippen LogP contribution in [0, 0.1) is 0 Å². The van der Waals surface area contributed by atoms with Crippen LogP contribution in [0.3, 0.4) is 0 Å². The molecule has 0 radical (unpaired) electrons. The van der Waals surface area contributed by atoms with Crippen molar-refractivity contribution in [3.63, 3.8) is 0 Å². The number of anilines is 1. The molecular weight excluding hydrogens is 366 g/mol. The summed E-state index contributed by atoms with van der Waals surface area (Å²) in [5.74, 6) is -0.354. The Morgan fingerprint density at radius 1 is 1.07 bits per heavy atom. The second-order valence-corrected chi connectivity index (χ2v) is 7.21. The summed E-state index contributed by atoms with van der Waals surface area (Å²) in [6.07, 6.45) is 0. The first-order valence-corrected chi connectivity index (χ1v) is 9.31. The molecule has 0 aliphatic carbocycles. The van der Waals surface area contributed by atoms with E-state index in [0.29, 0.717) is 29.2 Å². The summed E-state index contributed by atoms with van der Waals surface area (Å²) in [4.78, 5) is 37.1. The van der Waals surface area contributed by atoms with Crippen molar-refractivity contribution in [1.82, 2.24) is 10.9 Å². The molecule has 2 aromatic rings. The maximum atomic E-state index is 12.3. The van der Waals surface area contributed by atoms with Crippen molar-refractivity contribution in [2.24, 2.45) is 0 Å². The molecule has 140 valence electrons. The molecule has 3 N–H and O–H groups in total. The lowest BCUT2D eigenvalue weighted by molar-refractivity contribution is -0.115. The summed E-state index contributed by atoms with van der Waals surface area (Å²) in [6.45, 7) is 4.24. The predicted molar refractivity (Wildman–Crippen MR) is 103 cm³/mol. The van der Waals surface area contributed by atoms with Gasteiger partial charge < -0.3 is 10.1 Å². The largest absolute Gasteiger partial charge is 0.494 e. The summed E-state index contributed by atoms with van der Waals surface area (Å²) in [5.41, 5.74) is 6.06. The number of hydrazine groups is 1. The quantitative estimate of drug-likeness (QED) is 0.703. The molecule has 1 aliphatic heterocycles. The van der Waals surface area contributed by atoms with Crippen LogP contribution in [-0.4, -0.2) is 29.6 Å². The fourth-order valence-electron chi connectivity index (χ4n) is 2.48. The van der Waals surface area contributed by atoms with Crippen molar-refractivity contribution < 1.29 is 19.1 Å². The van der Waals surface area contributed by atoms with Crippen molar-refractivity contribution in [2.45, 2.75) is 24.0 Å². The van der Waals surface area contributed by atoms with Crippen LogP contribution in [0.25, 0.3) is 0 Å². The smallest absolute Gasteiger partial charge is 0.269 e. The Kier molecular flexibility index (Phi) is 5.66. The third kappa shape index (κ3) is 4.40. The highest BCUT2D eigenvalue weighted by atomic mass is 32.2. The fourth-order valence-corrected chi connectivity index (χ4v) is 3.41. The maximum absolute atomic E-state index is 12.3. The van der Waals surface area contributed by atoms with Crippen LogP contribution in [0.5, 0.6) is 5.75 Å². The lowest BCUT2D eigenvalue weighted by Crippen LogP contribution is -2.41. The Bertz CT molecular complexity index is 883. The molecule has 0 bridgehead atoms. The molecule has 0 unspecified atom stereocenters. The molecule has 0 fully saturated rings. The molecule has 3 amide bonds. The molecule has 0 saturated heterocycles. The normalized spacial score (nSPS) is 15.3. The molecule has 27 heavy (non-hydrogen) atoms. The number of hydrogen-bond acceptors (Lipinski definition) is 5. The van der Waals surface area contributed by atoms with E-state index in [1.165, 1.54) is 11.8 Å². The number of amides is 3. The van der Waals surface area contributed by atoms with Crippen LogP contribution in [0.2, 0.25) is 0 Å². The van der Waals surface area contributed by atoms with Gasteiger partial charge in [0.25, 0.3) is 11.8 Å². The molecule has 0 aromatic heterocycles. The average Bonchev–Trinajstić information content (AvgIpc) is 2.67. The number of carbonyl (C=O) groups excluding carboxylic acids is 3. The topological polar surface area (TPSA) is 96.5 Å². The molecular formula is C19H19N3O4S. The minimum Gasteiger partial charge on any atom is -0.494 e. The van der Waals surface area contributed by atoms with E-state index in [1.807, 2.05) is 13.8 Å². The number of nitrogens with one attached hydrogen (secondary N) is 3. The fraction of sp³-hybridized carbons (Fsp3) is 0.211. The monoisotopic (exact) mass is 385 g/mol. The van der Waals surface area contributed by atoms with E-state index in [2.05, 4.69) is 16.2 Å². The van der Waals surface area contributed by atoms with Gasteiger partial charge in [0.2, 0.25) is 5.91 Å². The number of hydrogen-bond donors (Lipinski definition) is 3. The van der Waals surface area contributed by atoms with E-state index < -0.39 is 11.8 Å². The highest BCUT2D eigenvalue weighted by Gasteiger charge is 2.23. The predicted octanol–water partition coefficient (Wildman–Crippen LogP) is 2.59. The SMILES string of the molecule is CCOc1ccc(C(=O)NNC(=O)c2ccc3c(c2)NC(=O)[C@@H](C)S3)cc1. The minimum atomic E-state index is -0.477. The molecule has 3 rings (SSSR count). The van der Waals surface area contributed by atoms with Crippen molar-refractivity contribution in [1.29, 1.82) is 0 Å². The molecule has 2 aromatic carbocycles. The first-order valence-electron chi connectivity index (χ1n) is 8.43. The van der Waals surface area contributed by atoms with Gasteiger partial charge in [-0.1, -0.05) is 0 Å². The van der Waals surface area contributed by atoms with E-state index >= 15 is 0 Å². The van der Waals surface area contributed by atoms with Gasteiger partial charge >= 0.3 is 0 Å². The standard InChI is InChI=1S/C19H19N3O4S/c1-3-26-14-7-4-12(5-8-14)18(24)21-22-19(25)13-6-9-16-15(10-13)20-17(23)11(2)27-16/h4-11H,3H2,1-2H3,(H,20,23)(H,21,24)(H,22,25)/t11-/m1/s1. The third-order valence-electron chi connectivity index (χ3n) is 3.89. The number of carbonyl (C=O) groups is 3. The number of rotatable bonds is 4. The van der Waals surface area contributed by atoms with Crippen LogP contribution >= 0.6 is 11.8 Å². The third-order valence-corrected chi connectivity index (χ3v) is 5.07. The summed E-state index contributed by atoms with van der Waals surface area (Å²) in [5, 5.41) is 2.60. The Balaban J connectivity index is 1.61. The zero-order valence-corrected chi connectivity index (χ0v) is 15.7. The Morgan fingerprint density at radius 3 is 2.37 bits per heavy atom. The van der Waals surface area contributed by atoms with E-state index in [9.17, 15) is 14.4 Å². The molecule has 8 heteroatoms. The van der Waals surface area contributed by atoms with E-state index in [1.54, 1.807) is 42.5 Å². The second kappa shape index (κ2) is 8.13.